The zero-order valence-electron chi connectivity index (χ0n) is 17.4. The Bertz CT molecular complexity index is 1300. The lowest BCUT2D eigenvalue weighted by molar-refractivity contribution is 0.445. The van der Waals surface area contributed by atoms with Crippen LogP contribution in [0.25, 0.3) is 0 Å². The molecule has 31 heavy (non-hydrogen) atoms. The first kappa shape index (κ1) is 23.7. The van der Waals surface area contributed by atoms with Crippen LogP contribution in [0.3, 0.4) is 0 Å². The molecule has 2 aromatic rings. The van der Waals surface area contributed by atoms with Crippen LogP contribution in [0.15, 0.2) is 57.2 Å². The number of fused-ring (bicyclic) bond motifs is 1. The Kier molecular flexibility index (Phi) is 6.50. The van der Waals surface area contributed by atoms with Gasteiger partial charge in [-0.1, -0.05) is 19.9 Å². The third-order valence-electron chi connectivity index (χ3n) is 5.22. The van der Waals surface area contributed by atoms with Gasteiger partial charge in [0.1, 0.15) is 0 Å². The Hall–Kier alpha value is -1.99. The second-order valence-electron chi connectivity index (χ2n) is 6.89. The Morgan fingerprint density at radius 2 is 1.55 bits per heavy atom. The number of rotatable bonds is 8. The Morgan fingerprint density at radius 1 is 0.903 bits per heavy atom. The quantitative estimate of drug-likeness (QED) is 0.600. The van der Waals surface area contributed by atoms with Gasteiger partial charge in [-0.2, -0.15) is 4.31 Å². The fourth-order valence-corrected chi connectivity index (χ4v) is 7.43. The summed E-state index contributed by atoms with van der Waals surface area (Å²) in [5.41, 5.74) is 0.996. The average Bonchev–Trinajstić information content (AvgIpc) is 3.18. The lowest BCUT2D eigenvalue weighted by atomic mass is 10.2. The molecule has 0 saturated heterocycles. The molecule has 0 unspecified atom stereocenters. The highest BCUT2D eigenvalue weighted by Gasteiger charge is 2.33. The lowest BCUT2D eigenvalue weighted by Gasteiger charge is -2.21. The number of hydrogen-bond acceptors (Lipinski definition) is 6. The molecule has 1 aliphatic heterocycles. The van der Waals surface area contributed by atoms with E-state index in [0.717, 1.165) is 6.07 Å². The highest BCUT2D eigenvalue weighted by atomic mass is 32.2. The van der Waals surface area contributed by atoms with E-state index in [0.29, 0.717) is 30.8 Å². The minimum Gasteiger partial charge on any atom is -0.266 e. The number of nitrogens with zero attached hydrogens (tertiary/aromatic N) is 2. The van der Waals surface area contributed by atoms with Gasteiger partial charge < -0.3 is 0 Å². The SMILES string of the molecule is CCN(CC)S(=O)(=O)c1ccc2c(c1)CCN2S(=O)(=O)c1cccc(S(=O)(=O)NC)c1. The van der Waals surface area contributed by atoms with E-state index < -0.39 is 30.1 Å². The molecule has 0 aliphatic carbocycles. The molecule has 0 bridgehead atoms. The summed E-state index contributed by atoms with van der Waals surface area (Å²) >= 11 is 0. The molecule has 3 rings (SSSR count). The molecule has 1 N–H and O–H groups in total. The molecule has 9 nitrogen and oxygen atoms in total. The van der Waals surface area contributed by atoms with Gasteiger partial charge in [-0.05, 0) is 55.4 Å². The van der Waals surface area contributed by atoms with Crippen molar-refractivity contribution in [2.75, 3.05) is 31.0 Å². The lowest BCUT2D eigenvalue weighted by Crippen LogP contribution is -2.31. The summed E-state index contributed by atoms with van der Waals surface area (Å²) < 4.78 is 80.8. The smallest absolute Gasteiger partial charge is 0.264 e. The van der Waals surface area contributed by atoms with E-state index in [-0.39, 0.29) is 21.2 Å². The minimum absolute atomic E-state index is 0.122. The number of sulfonamides is 3. The predicted molar refractivity (Wildman–Crippen MR) is 117 cm³/mol. The van der Waals surface area contributed by atoms with Crippen LogP contribution < -0.4 is 9.03 Å². The van der Waals surface area contributed by atoms with Crippen molar-refractivity contribution < 1.29 is 25.3 Å². The fraction of sp³-hybridized carbons (Fsp3) is 0.368. The molecular weight excluding hydrogens is 462 g/mol. The Morgan fingerprint density at radius 3 is 2.16 bits per heavy atom. The van der Waals surface area contributed by atoms with Crippen molar-refractivity contribution in [3.63, 3.8) is 0 Å². The molecule has 170 valence electrons. The third kappa shape index (κ3) is 4.22. The van der Waals surface area contributed by atoms with Gasteiger partial charge >= 0.3 is 0 Å². The van der Waals surface area contributed by atoms with Gasteiger partial charge in [-0.25, -0.2) is 30.0 Å². The average molecular weight is 488 g/mol. The molecule has 12 heteroatoms. The van der Waals surface area contributed by atoms with E-state index in [1.54, 1.807) is 13.8 Å². The predicted octanol–water partition coefficient (Wildman–Crippen LogP) is 1.38. The number of nitrogens with one attached hydrogen (secondary N) is 1. The highest BCUT2D eigenvalue weighted by Crippen LogP contribution is 2.35. The van der Waals surface area contributed by atoms with Crippen LogP contribution in [0.2, 0.25) is 0 Å². The summed E-state index contributed by atoms with van der Waals surface area (Å²) in [5.74, 6) is 0. The standard InChI is InChI=1S/C19H25N3O6S3/c1-4-21(5-2)30(25,26)18-9-10-19-15(13-18)11-12-22(19)31(27,28)17-8-6-7-16(14-17)29(23,24)20-3/h6-10,13-14,20H,4-5,11-12H2,1-3H3. The number of hydrogen-bond donors (Lipinski definition) is 1. The molecule has 0 saturated carbocycles. The molecule has 0 radical (unpaired) electrons. The van der Waals surface area contributed by atoms with Crippen LogP contribution in [0.1, 0.15) is 19.4 Å². The molecular formula is C19H25N3O6S3. The molecule has 0 aromatic heterocycles. The van der Waals surface area contributed by atoms with Gasteiger partial charge in [0.15, 0.2) is 0 Å². The summed E-state index contributed by atoms with van der Waals surface area (Å²) in [4.78, 5) is -0.191. The first-order chi connectivity index (χ1) is 14.5. The topological polar surface area (TPSA) is 121 Å². The number of anilines is 1. The third-order valence-corrected chi connectivity index (χ3v) is 10.5. The summed E-state index contributed by atoms with van der Waals surface area (Å²) in [6, 6.07) is 9.54. The maximum absolute atomic E-state index is 13.2. The molecule has 0 fully saturated rings. The van der Waals surface area contributed by atoms with Crippen LogP contribution in [-0.4, -0.2) is 56.2 Å². The van der Waals surface area contributed by atoms with Gasteiger partial charge in [0.05, 0.1) is 20.4 Å². The second-order valence-corrected chi connectivity index (χ2v) is 12.6. The Balaban J connectivity index is 2.01. The van der Waals surface area contributed by atoms with Crippen LogP contribution >= 0.6 is 0 Å². The van der Waals surface area contributed by atoms with Crippen molar-refractivity contribution in [1.82, 2.24) is 9.03 Å². The van der Waals surface area contributed by atoms with E-state index in [1.807, 2.05) is 0 Å². The van der Waals surface area contributed by atoms with Crippen molar-refractivity contribution in [1.29, 1.82) is 0 Å². The molecule has 2 aromatic carbocycles. The minimum atomic E-state index is -4.04. The van der Waals surface area contributed by atoms with Crippen LogP contribution in [0.5, 0.6) is 0 Å². The van der Waals surface area contributed by atoms with Crippen LogP contribution in [0.4, 0.5) is 5.69 Å². The van der Waals surface area contributed by atoms with Crippen molar-refractivity contribution in [3.05, 3.63) is 48.0 Å². The maximum atomic E-state index is 13.2. The van der Waals surface area contributed by atoms with Gasteiger partial charge in [0, 0.05) is 19.6 Å². The molecule has 0 atom stereocenters. The molecule has 1 aliphatic rings. The first-order valence-electron chi connectivity index (χ1n) is 9.68. The zero-order chi connectivity index (χ0) is 23.0. The molecule has 0 amide bonds. The van der Waals surface area contributed by atoms with E-state index in [9.17, 15) is 25.3 Å². The Labute approximate surface area is 183 Å². The van der Waals surface area contributed by atoms with E-state index in [1.165, 1.54) is 52.1 Å². The van der Waals surface area contributed by atoms with Crippen LogP contribution in [0, 0.1) is 0 Å². The van der Waals surface area contributed by atoms with Gasteiger partial charge in [-0.3, -0.25) is 4.31 Å². The number of benzene rings is 2. The first-order valence-corrected chi connectivity index (χ1v) is 14.0. The molecule has 1 heterocycles. The second kappa shape index (κ2) is 8.51. The largest absolute Gasteiger partial charge is 0.266 e. The van der Waals surface area contributed by atoms with Gasteiger partial charge in [0.2, 0.25) is 20.0 Å². The van der Waals surface area contributed by atoms with Crippen molar-refractivity contribution in [2.24, 2.45) is 0 Å². The molecule has 0 spiro atoms. The summed E-state index contributed by atoms with van der Waals surface area (Å²) in [5, 5.41) is 0. The van der Waals surface area contributed by atoms with Crippen LogP contribution in [-0.2, 0) is 36.5 Å². The zero-order valence-corrected chi connectivity index (χ0v) is 19.9. The summed E-state index contributed by atoms with van der Waals surface area (Å²) in [6.07, 6.45) is 0.352. The summed E-state index contributed by atoms with van der Waals surface area (Å²) in [7, 11) is -10.3. The van der Waals surface area contributed by atoms with Crippen molar-refractivity contribution in [3.8, 4) is 0 Å². The van der Waals surface area contributed by atoms with Gasteiger partial charge in [0.25, 0.3) is 10.0 Å². The summed E-state index contributed by atoms with van der Waals surface area (Å²) in [6.45, 7) is 4.32. The van der Waals surface area contributed by atoms with Gasteiger partial charge in [-0.15, -0.1) is 0 Å². The van der Waals surface area contributed by atoms with Crippen molar-refractivity contribution in [2.45, 2.75) is 35.0 Å². The fourth-order valence-electron chi connectivity index (χ4n) is 3.52. The van der Waals surface area contributed by atoms with E-state index in [4.69, 9.17) is 0 Å². The highest BCUT2D eigenvalue weighted by molar-refractivity contribution is 7.93. The monoisotopic (exact) mass is 487 g/mol. The maximum Gasteiger partial charge on any atom is 0.264 e. The van der Waals surface area contributed by atoms with E-state index in [2.05, 4.69) is 4.72 Å². The van der Waals surface area contributed by atoms with Crippen molar-refractivity contribution >= 4 is 35.8 Å². The van der Waals surface area contributed by atoms with E-state index >= 15 is 0 Å². The normalized spacial score (nSPS) is 14.8.